The fourth-order valence-corrected chi connectivity index (χ4v) is 3.68. The van der Waals surface area contributed by atoms with Crippen molar-refractivity contribution in [1.29, 1.82) is 0 Å². The van der Waals surface area contributed by atoms with Gasteiger partial charge in [0, 0.05) is 42.2 Å². The molecule has 112 valence electrons. The number of likely N-dealkylation sites (tertiary alicyclic amines) is 1. The van der Waals surface area contributed by atoms with Gasteiger partial charge in [-0.1, -0.05) is 0 Å². The number of carbonyl (C=O) groups excluding carboxylic acids is 1. The van der Waals surface area contributed by atoms with Crippen LogP contribution in [0.5, 0.6) is 0 Å². The highest BCUT2D eigenvalue weighted by Gasteiger charge is 2.25. The minimum Gasteiger partial charge on any atom is -0.342 e. The average Bonchev–Trinajstić information content (AvgIpc) is 3.16. The number of hydrogen-bond acceptors (Lipinski definition) is 4. The number of nitrogens with zero attached hydrogens (tertiary/aromatic N) is 3. The number of amides is 1. The Hall–Kier alpha value is -1.69. The van der Waals surface area contributed by atoms with Crippen molar-refractivity contribution in [2.45, 2.75) is 38.5 Å². The van der Waals surface area contributed by atoms with E-state index in [9.17, 15) is 4.79 Å². The molecule has 1 aliphatic rings. The Morgan fingerprint density at radius 1 is 1.57 bits per heavy atom. The predicted molar refractivity (Wildman–Crippen MR) is 82.3 cm³/mol. The topological polar surface area (TPSA) is 61.9 Å². The van der Waals surface area contributed by atoms with E-state index in [1.165, 1.54) is 4.88 Å². The van der Waals surface area contributed by atoms with Gasteiger partial charge in [0.05, 0.1) is 11.2 Å². The van der Waals surface area contributed by atoms with E-state index in [0.29, 0.717) is 12.3 Å². The number of H-pyrrole nitrogens is 1. The second-order valence-electron chi connectivity index (χ2n) is 5.55. The molecule has 1 N–H and O–H groups in total. The number of thiazole rings is 1. The van der Waals surface area contributed by atoms with Crippen LogP contribution in [0, 0.1) is 6.92 Å². The molecule has 0 spiro atoms. The number of nitrogens with one attached hydrogen (secondary N) is 1. The summed E-state index contributed by atoms with van der Waals surface area (Å²) in [6.07, 6.45) is 5.36. The summed E-state index contributed by atoms with van der Waals surface area (Å²) in [5, 5.41) is 7.05. The van der Waals surface area contributed by atoms with Gasteiger partial charge in [-0.25, -0.2) is 4.98 Å². The molecule has 0 bridgehead atoms. The van der Waals surface area contributed by atoms with Crippen molar-refractivity contribution in [2.24, 2.45) is 0 Å². The zero-order valence-corrected chi connectivity index (χ0v) is 13.0. The second-order valence-corrected chi connectivity index (χ2v) is 6.49. The lowest BCUT2D eigenvalue weighted by molar-refractivity contribution is -0.132. The van der Waals surface area contributed by atoms with Gasteiger partial charge in [-0.3, -0.25) is 9.89 Å². The normalized spacial score (nSPS) is 18.9. The van der Waals surface area contributed by atoms with E-state index in [0.717, 1.165) is 43.7 Å². The first-order chi connectivity index (χ1) is 10.2. The molecule has 1 fully saturated rings. The largest absolute Gasteiger partial charge is 0.342 e. The Bertz CT molecular complexity index is 593. The SMILES string of the molecule is Cc1ncsc1CCC(=O)N1CCCC(c2ccn[nH]2)C1. The molecule has 0 radical (unpaired) electrons. The van der Waals surface area contributed by atoms with Crippen LogP contribution >= 0.6 is 11.3 Å². The van der Waals surface area contributed by atoms with Crippen molar-refractivity contribution in [1.82, 2.24) is 20.1 Å². The van der Waals surface area contributed by atoms with Crippen molar-refractivity contribution in [3.05, 3.63) is 34.0 Å². The second kappa shape index (κ2) is 6.39. The molecule has 3 heterocycles. The van der Waals surface area contributed by atoms with Crippen LogP contribution in [0.3, 0.4) is 0 Å². The maximum Gasteiger partial charge on any atom is 0.222 e. The van der Waals surface area contributed by atoms with Gasteiger partial charge in [0.25, 0.3) is 0 Å². The van der Waals surface area contributed by atoms with Gasteiger partial charge < -0.3 is 4.90 Å². The summed E-state index contributed by atoms with van der Waals surface area (Å²) >= 11 is 1.64. The summed E-state index contributed by atoms with van der Waals surface area (Å²) in [6, 6.07) is 2.01. The minimum absolute atomic E-state index is 0.256. The summed E-state index contributed by atoms with van der Waals surface area (Å²) in [4.78, 5) is 19.9. The highest BCUT2D eigenvalue weighted by Crippen LogP contribution is 2.26. The number of aromatic nitrogens is 3. The molecule has 0 aromatic carbocycles. The van der Waals surface area contributed by atoms with Crippen molar-refractivity contribution in [3.8, 4) is 0 Å². The summed E-state index contributed by atoms with van der Waals surface area (Å²) in [6.45, 7) is 3.69. The van der Waals surface area contributed by atoms with Gasteiger partial charge in [-0.05, 0) is 32.3 Å². The Morgan fingerprint density at radius 3 is 3.19 bits per heavy atom. The van der Waals surface area contributed by atoms with E-state index in [2.05, 4.69) is 15.2 Å². The lowest BCUT2D eigenvalue weighted by atomic mass is 9.94. The van der Waals surface area contributed by atoms with Crippen LogP contribution in [0.4, 0.5) is 0 Å². The van der Waals surface area contributed by atoms with Crippen LogP contribution in [0.2, 0.25) is 0 Å². The fraction of sp³-hybridized carbons (Fsp3) is 0.533. The lowest BCUT2D eigenvalue weighted by Gasteiger charge is -2.32. The van der Waals surface area contributed by atoms with Gasteiger partial charge in [-0.2, -0.15) is 5.10 Å². The third-order valence-corrected chi connectivity index (χ3v) is 5.14. The highest BCUT2D eigenvalue weighted by molar-refractivity contribution is 7.09. The zero-order chi connectivity index (χ0) is 14.7. The number of aromatic amines is 1. The number of piperidine rings is 1. The summed E-state index contributed by atoms with van der Waals surface area (Å²) in [7, 11) is 0. The first-order valence-corrected chi connectivity index (χ1v) is 8.28. The molecule has 2 aromatic heterocycles. The molecular formula is C15H20N4OS. The number of carbonyl (C=O) groups is 1. The molecule has 1 unspecified atom stereocenters. The van der Waals surface area contributed by atoms with Gasteiger partial charge in [0.1, 0.15) is 0 Å². The van der Waals surface area contributed by atoms with Crippen LogP contribution in [-0.2, 0) is 11.2 Å². The maximum absolute atomic E-state index is 12.4. The van der Waals surface area contributed by atoms with E-state index >= 15 is 0 Å². The Labute approximate surface area is 128 Å². The van der Waals surface area contributed by atoms with Crippen LogP contribution in [0.25, 0.3) is 0 Å². The van der Waals surface area contributed by atoms with E-state index < -0.39 is 0 Å². The van der Waals surface area contributed by atoms with Gasteiger partial charge in [0.15, 0.2) is 0 Å². The maximum atomic E-state index is 12.4. The number of rotatable bonds is 4. The summed E-state index contributed by atoms with van der Waals surface area (Å²) < 4.78 is 0. The molecule has 6 heteroatoms. The van der Waals surface area contributed by atoms with Crippen LogP contribution in [0.15, 0.2) is 17.8 Å². The molecule has 1 amide bonds. The van der Waals surface area contributed by atoms with E-state index in [4.69, 9.17) is 0 Å². The molecule has 1 atom stereocenters. The van der Waals surface area contributed by atoms with Crippen LogP contribution in [0.1, 0.15) is 41.4 Å². The van der Waals surface area contributed by atoms with Crippen molar-refractivity contribution >= 4 is 17.2 Å². The van der Waals surface area contributed by atoms with Crippen molar-refractivity contribution < 1.29 is 4.79 Å². The van der Waals surface area contributed by atoms with Gasteiger partial charge >= 0.3 is 0 Å². The molecule has 1 saturated heterocycles. The Morgan fingerprint density at radius 2 is 2.48 bits per heavy atom. The number of hydrogen-bond donors (Lipinski definition) is 1. The summed E-state index contributed by atoms with van der Waals surface area (Å²) in [5.41, 5.74) is 4.05. The monoisotopic (exact) mass is 304 g/mol. The predicted octanol–water partition coefficient (Wildman–Crippen LogP) is 2.51. The molecule has 5 nitrogen and oxygen atoms in total. The van der Waals surface area contributed by atoms with Crippen molar-refractivity contribution in [2.75, 3.05) is 13.1 Å². The average molecular weight is 304 g/mol. The third-order valence-electron chi connectivity index (χ3n) is 4.15. The van der Waals surface area contributed by atoms with Crippen molar-refractivity contribution in [3.63, 3.8) is 0 Å². The molecule has 1 aliphatic heterocycles. The standard InChI is InChI=1S/C15H20N4OS/c1-11-14(21-10-16-11)4-5-15(20)19-8-2-3-12(9-19)13-6-7-17-18-13/h6-7,10,12H,2-5,8-9H2,1H3,(H,17,18). The number of aryl methyl sites for hydroxylation is 2. The third kappa shape index (κ3) is 3.32. The minimum atomic E-state index is 0.256. The smallest absolute Gasteiger partial charge is 0.222 e. The Balaban J connectivity index is 1.56. The molecule has 0 saturated carbocycles. The zero-order valence-electron chi connectivity index (χ0n) is 12.2. The molecular weight excluding hydrogens is 284 g/mol. The molecule has 2 aromatic rings. The Kier molecular flexibility index (Phi) is 4.34. The first-order valence-electron chi connectivity index (χ1n) is 7.40. The lowest BCUT2D eigenvalue weighted by Crippen LogP contribution is -2.39. The molecule has 0 aliphatic carbocycles. The summed E-state index contributed by atoms with van der Waals surface area (Å²) in [5.74, 6) is 0.655. The fourth-order valence-electron chi connectivity index (χ4n) is 2.90. The van der Waals surface area contributed by atoms with E-state index in [1.807, 2.05) is 23.4 Å². The van der Waals surface area contributed by atoms with Gasteiger partial charge in [0.2, 0.25) is 5.91 Å². The van der Waals surface area contributed by atoms with E-state index in [-0.39, 0.29) is 5.91 Å². The molecule has 3 rings (SSSR count). The molecule has 21 heavy (non-hydrogen) atoms. The van der Waals surface area contributed by atoms with Crippen LogP contribution in [-0.4, -0.2) is 39.1 Å². The van der Waals surface area contributed by atoms with Gasteiger partial charge in [-0.15, -0.1) is 11.3 Å². The van der Waals surface area contributed by atoms with Crippen LogP contribution < -0.4 is 0 Å². The first kappa shape index (κ1) is 14.3. The van der Waals surface area contributed by atoms with E-state index in [1.54, 1.807) is 17.5 Å². The highest BCUT2D eigenvalue weighted by atomic mass is 32.1. The quantitative estimate of drug-likeness (QED) is 0.944.